The highest BCUT2D eigenvalue weighted by atomic mass is 19.1. The van der Waals surface area contributed by atoms with Crippen molar-refractivity contribution < 1.29 is 18.3 Å². The lowest BCUT2D eigenvalue weighted by molar-refractivity contribution is -0.127. The lowest BCUT2D eigenvalue weighted by atomic mass is 9.84. The number of aromatic nitrogens is 3. The van der Waals surface area contributed by atoms with Gasteiger partial charge in [0.15, 0.2) is 5.82 Å². The SMILES string of the molecule is C#Cc1c(F)ccc2cccc(-c3ncc4c(N(C)C[C@H]5N(C(=O)C=C)CCC5(C)C)nc(OCC56CCCN5CCC6)nc4c3F)c12. The van der Waals surface area contributed by atoms with Crippen LogP contribution in [0.25, 0.3) is 32.9 Å². The lowest BCUT2D eigenvalue weighted by Crippen LogP contribution is -2.47. The largest absolute Gasteiger partial charge is 0.461 e. The maximum Gasteiger partial charge on any atom is 0.319 e. The van der Waals surface area contributed by atoms with Crippen molar-refractivity contribution in [1.29, 1.82) is 0 Å². The van der Waals surface area contributed by atoms with Gasteiger partial charge >= 0.3 is 6.01 Å². The summed E-state index contributed by atoms with van der Waals surface area (Å²) < 4.78 is 38.1. The molecule has 7 rings (SSSR count). The number of amides is 1. The highest BCUT2D eigenvalue weighted by molar-refractivity contribution is 6.02. The van der Waals surface area contributed by atoms with Gasteiger partial charge in [0.05, 0.1) is 22.5 Å². The summed E-state index contributed by atoms with van der Waals surface area (Å²) in [5, 5.41) is 1.48. The molecular formula is C38H40F2N6O2. The number of nitrogens with zero attached hydrogens (tertiary/aromatic N) is 6. The number of fused-ring (bicyclic) bond motifs is 3. The topological polar surface area (TPSA) is 74.7 Å². The monoisotopic (exact) mass is 650 g/mol. The van der Waals surface area contributed by atoms with Crippen LogP contribution in [0.2, 0.25) is 0 Å². The van der Waals surface area contributed by atoms with Crippen LogP contribution in [-0.4, -0.2) is 82.1 Å². The first kappa shape index (κ1) is 32.0. The molecule has 0 bridgehead atoms. The zero-order valence-electron chi connectivity index (χ0n) is 27.7. The molecule has 248 valence electrons. The number of pyridine rings is 1. The summed E-state index contributed by atoms with van der Waals surface area (Å²) in [5.74, 6) is 1.52. The van der Waals surface area contributed by atoms with E-state index in [0.29, 0.717) is 47.2 Å². The predicted octanol–water partition coefficient (Wildman–Crippen LogP) is 6.36. The smallest absolute Gasteiger partial charge is 0.319 e. The van der Waals surface area contributed by atoms with Gasteiger partial charge in [-0.15, -0.1) is 6.42 Å². The van der Waals surface area contributed by atoms with Crippen LogP contribution in [-0.2, 0) is 4.79 Å². The third-order valence-corrected chi connectivity index (χ3v) is 10.9. The third kappa shape index (κ3) is 5.25. The van der Waals surface area contributed by atoms with Gasteiger partial charge in [0.2, 0.25) is 5.91 Å². The highest BCUT2D eigenvalue weighted by Crippen LogP contribution is 2.41. The first-order valence-electron chi connectivity index (χ1n) is 16.6. The molecular weight excluding hydrogens is 610 g/mol. The Kier molecular flexibility index (Phi) is 8.07. The number of hydrogen-bond donors (Lipinski definition) is 0. The fourth-order valence-corrected chi connectivity index (χ4v) is 8.14. The molecule has 2 aromatic heterocycles. The van der Waals surface area contributed by atoms with Crippen LogP contribution in [0.15, 0.2) is 49.2 Å². The molecule has 3 aliphatic rings. The van der Waals surface area contributed by atoms with Crippen molar-refractivity contribution in [2.45, 2.75) is 57.5 Å². The van der Waals surface area contributed by atoms with Crippen LogP contribution in [0.5, 0.6) is 6.01 Å². The molecule has 3 saturated heterocycles. The number of halogens is 2. The molecule has 3 aliphatic heterocycles. The maximum absolute atomic E-state index is 16.9. The van der Waals surface area contributed by atoms with E-state index in [4.69, 9.17) is 16.1 Å². The van der Waals surface area contributed by atoms with Gasteiger partial charge in [0, 0.05) is 37.3 Å². The van der Waals surface area contributed by atoms with Crippen LogP contribution >= 0.6 is 0 Å². The molecule has 2 aromatic carbocycles. The van der Waals surface area contributed by atoms with Crippen molar-refractivity contribution in [1.82, 2.24) is 24.8 Å². The molecule has 0 radical (unpaired) electrons. The van der Waals surface area contributed by atoms with Crippen molar-refractivity contribution >= 4 is 33.4 Å². The molecule has 1 amide bonds. The number of hydrogen-bond acceptors (Lipinski definition) is 7. The summed E-state index contributed by atoms with van der Waals surface area (Å²) in [6, 6.07) is 8.13. The summed E-state index contributed by atoms with van der Waals surface area (Å²) in [5.41, 5.74) is 0.227. The van der Waals surface area contributed by atoms with Gasteiger partial charge in [-0.1, -0.05) is 50.6 Å². The van der Waals surface area contributed by atoms with Gasteiger partial charge in [0.25, 0.3) is 0 Å². The summed E-state index contributed by atoms with van der Waals surface area (Å²) in [6.45, 7) is 11.6. The average molecular weight is 651 g/mol. The lowest BCUT2D eigenvalue weighted by Gasteiger charge is -2.36. The zero-order chi connectivity index (χ0) is 33.8. The van der Waals surface area contributed by atoms with Gasteiger partial charge in [0.1, 0.15) is 29.5 Å². The molecule has 1 atom stereocenters. The number of likely N-dealkylation sites (tertiary alicyclic amines) is 1. The molecule has 10 heteroatoms. The van der Waals surface area contributed by atoms with E-state index in [2.05, 4.69) is 41.2 Å². The van der Waals surface area contributed by atoms with E-state index >= 15 is 4.39 Å². The summed E-state index contributed by atoms with van der Waals surface area (Å²) in [6.07, 6.45) is 13.8. The Morgan fingerprint density at radius 2 is 1.92 bits per heavy atom. The fourth-order valence-electron chi connectivity index (χ4n) is 8.14. The Morgan fingerprint density at radius 1 is 1.15 bits per heavy atom. The quantitative estimate of drug-likeness (QED) is 0.162. The summed E-state index contributed by atoms with van der Waals surface area (Å²) >= 11 is 0. The van der Waals surface area contributed by atoms with E-state index < -0.39 is 11.6 Å². The highest BCUT2D eigenvalue weighted by Gasteiger charge is 2.45. The van der Waals surface area contributed by atoms with Crippen LogP contribution in [0, 0.1) is 29.4 Å². The van der Waals surface area contributed by atoms with Crippen molar-refractivity contribution in [3.8, 4) is 29.6 Å². The van der Waals surface area contributed by atoms with Crippen molar-refractivity contribution in [2.24, 2.45) is 5.41 Å². The number of anilines is 1. The van der Waals surface area contributed by atoms with Crippen molar-refractivity contribution in [3.63, 3.8) is 0 Å². The zero-order valence-corrected chi connectivity index (χ0v) is 27.7. The Morgan fingerprint density at radius 3 is 2.65 bits per heavy atom. The fraction of sp³-hybridized carbons (Fsp3) is 0.421. The Balaban J connectivity index is 1.35. The second kappa shape index (κ2) is 12.1. The molecule has 4 aromatic rings. The second-order valence-corrected chi connectivity index (χ2v) is 14.1. The number of carbonyl (C=O) groups is 1. The molecule has 0 aliphatic carbocycles. The van der Waals surface area contributed by atoms with E-state index in [-0.39, 0.29) is 45.7 Å². The van der Waals surface area contributed by atoms with Gasteiger partial charge in [-0.25, -0.2) is 8.78 Å². The normalized spacial score (nSPS) is 19.8. The summed E-state index contributed by atoms with van der Waals surface area (Å²) in [7, 11) is 1.88. The first-order valence-corrected chi connectivity index (χ1v) is 16.6. The minimum absolute atomic E-state index is 0.00416. The summed E-state index contributed by atoms with van der Waals surface area (Å²) in [4.78, 5) is 33.2. The second-order valence-electron chi connectivity index (χ2n) is 14.1. The van der Waals surface area contributed by atoms with Gasteiger partial charge in [-0.2, -0.15) is 9.97 Å². The average Bonchev–Trinajstić information content (AvgIpc) is 3.75. The molecule has 0 saturated carbocycles. The standard InChI is InChI=1S/C38H40F2N6O2/c1-6-25-28(39)14-13-24-11-8-12-26(31(24)25)33-32(40)34-27(21-41-33)35(44(5)22-29-37(3,4)17-20-46(29)30(47)7-2)43-36(42-34)48-23-38-15-9-18-45(38)19-10-16-38/h1,7-8,11-14,21,29H,2,9-10,15-20,22-23H2,3-5H3/t29-/m1/s1. The van der Waals surface area contributed by atoms with Crippen LogP contribution in [0.1, 0.15) is 51.5 Å². The van der Waals surface area contributed by atoms with E-state index in [1.54, 1.807) is 30.5 Å². The van der Waals surface area contributed by atoms with E-state index in [1.165, 1.54) is 12.1 Å². The molecule has 48 heavy (non-hydrogen) atoms. The van der Waals surface area contributed by atoms with E-state index in [1.807, 2.05) is 16.8 Å². The third-order valence-electron chi connectivity index (χ3n) is 10.9. The number of carbonyl (C=O) groups excluding carboxylic acids is 1. The van der Waals surface area contributed by atoms with E-state index in [0.717, 1.165) is 45.2 Å². The molecule has 0 unspecified atom stereocenters. The maximum atomic E-state index is 16.9. The van der Waals surface area contributed by atoms with Gasteiger partial charge < -0.3 is 14.5 Å². The number of benzene rings is 2. The molecule has 0 N–H and O–H groups in total. The van der Waals surface area contributed by atoms with Crippen molar-refractivity contribution in [3.05, 3.63) is 66.4 Å². The number of rotatable bonds is 8. The molecule has 8 nitrogen and oxygen atoms in total. The number of terminal acetylenes is 1. The minimum Gasteiger partial charge on any atom is -0.461 e. The van der Waals surface area contributed by atoms with Gasteiger partial charge in [-0.3, -0.25) is 14.7 Å². The number of ether oxygens (including phenoxy) is 1. The predicted molar refractivity (Wildman–Crippen MR) is 184 cm³/mol. The Hall–Kier alpha value is -4.62. The first-order chi connectivity index (χ1) is 23.1. The molecule has 5 heterocycles. The Bertz CT molecular complexity index is 1980. The van der Waals surface area contributed by atoms with E-state index in [9.17, 15) is 9.18 Å². The Labute approximate surface area is 279 Å². The van der Waals surface area contributed by atoms with Crippen LogP contribution in [0.4, 0.5) is 14.6 Å². The van der Waals surface area contributed by atoms with Gasteiger partial charge in [-0.05, 0) is 68.1 Å². The molecule has 3 fully saturated rings. The molecule has 0 spiro atoms. The van der Waals surface area contributed by atoms with Crippen LogP contribution in [0.3, 0.4) is 0 Å². The van der Waals surface area contributed by atoms with Crippen molar-refractivity contribution in [2.75, 3.05) is 44.7 Å². The minimum atomic E-state index is -0.680. The number of likely N-dealkylation sites (N-methyl/N-ethyl adjacent to an activating group) is 1. The van der Waals surface area contributed by atoms with Crippen LogP contribution < -0.4 is 9.64 Å².